The highest BCUT2D eigenvalue weighted by molar-refractivity contribution is 5.96. The van der Waals surface area contributed by atoms with Crippen molar-refractivity contribution in [2.24, 2.45) is 11.8 Å². The molecule has 2 atom stereocenters. The first kappa shape index (κ1) is 14.1. The fraction of sp³-hybridized carbons (Fsp3) is 0.833. The van der Waals surface area contributed by atoms with Crippen LogP contribution < -0.4 is 0 Å². The normalized spacial score (nSPS) is 27.7. The van der Waals surface area contributed by atoms with Gasteiger partial charge in [0.25, 0.3) is 0 Å². The van der Waals surface area contributed by atoms with E-state index in [2.05, 4.69) is 4.74 Å². The lowest BCUT2D eigenvalue weighted by molar-refractivity contribution is -0.153. The molecule has 0 bridgehead atoms. The van der Waals surface area contributed by atoms with Gasteiger partial charge in [-0.05, 0) is 12.8 Å². The summed E-state index contributed by atoms with van der Waals surface area (Å²) in [7, 11) is 0. The minimum absolute atomic E-state index is 0.101. The van der Waals surface area contributed by atoms with Crippen LogP contribution in [0.25, 0.3) is 0 Å². The summed E-state index contributed by atoms with van der Waals surface area (Å²) in [6.07, 6.45) is 3.80. The van der Waals surface area contributed by atoms with Gasteiger partial charge in [0.15, 0.2) is 0 Å². The van der Waals surface area contributed by atoms with Crippen molar-refractivity contribution in [3.05, 3.63) is 0 Å². The van der Waals surface area contributed by atoms with Gasteiger partial charge in [-0.25, -0.2) is 0 Å². The number of hydrogen-bond acceptors (Lipinski definition) is 3. The molecule has 1 saturated heterocycles. The zero-order valence-corrected chi connectivity index (χ0v) is 10.2. The molecule has 0 aromatic heterocycles. The molecular formula is C12H22O3. The Bertz CT molecular complexity index is 189. The second-order valence-corrected chi connectivity index (χ2v) is 3.24. The van der Waals surface area contributed by atoms with Crippen LogP contribution in [0.5, 0.6) is 0 Å². The van der Waals surface area contributed by atoms with Gasteiger partial charge in [0.1, 0.15) is 0 Å². The Morgan fingerprint density at radius 1 is 0.867 bits per heavy atom. The predicted octanol–water partition coefficient (Wildman–Crippen LogP) is 2.93. The average molecular weight is 214 g/mol. The number of hydrogen-bond donors (Lipinski definition) is 0. The first-order valence-electron chi connectivity index (χ1n) is 6.04. The molecular weight excluding hydrogens is 192 g/mol. The van der Waals surface area contributed by atoms with Gasteiger partial charge in [0, 0.05) is 0 Å². The van der Waals surface area contributed by atoms with E-state index >= 15 is 0 Å². The summed E-state index contributed by atoms with van der Waals surface area (Å²) in [6.45, 7) is 8.00. The fourth-order valence-electron chi connectivity index (χ4n) is 1.95. The quantitative estimate of drug-likeness (QED) is 0.460. The van der Waals surface area contributed by atoms with Crippen molar-refractivity contribution >= 4 is 11.9 Å². The predicted molar refractivity (Wildman–Crippen MR) is 59.2 cm³/mol. The summed E-state index contributed by atoms with van der Waals surface area (Å²) in [5.74, 6) is -0.785. The maximum absolute atomic E-state index is 11.0. The third kappa shape index (κ3) is 3.33. The SMILES string of the molecule is CC.CC.O=C1OC(=O)C2CCCCC12. The molecule has 0 spiro atoms. The second-order valence-electron chi connectivity index (χ2n) is 3.24. The van der Waals surface area contributed by atoms with Crippen LogP contribution in [-0.4, -0.2) is 11.9 Å². The van der Waals surface area contributed by atoms with Crippen LogP contribution in [0.4, 0.5) is 0 Å². The minimum atomic E-state index is -0.292. The van der Waals surface area contributed by atoms with E-state index in [-0.39, 0.29) is 23.8 Å². The Morgan fingerprint density at radius 3 is 1.53 bits per heavy atom. The van der Waals surface area contributed by atoms with E-state index in [1.54, 1.807) is 0 Å². The zero-order valence-electron chi connectivity index (χ0n) is 10.2. The van der Waals surface area contributed by atoms with Crippen LogP contribution in [-0.2, 0) is 14.3 Å². The van der Waals surface area contributed by atoms with Gasteiger partial charge in [0.2, 0.25) is 0 Å². The molecule has 0 N–H and O–H groups in total. The van der Waals surface area contributed by atoms with Crippen molar-refractivity contribution < 1.29 is 14.3 Å². The van der Waals surface area contributed by atoms with Crippen molar-refractivity contribution in [2.45, 2.75) is 53.4 Å². The van der Waals surface area contributed by atoms with Gasteiger partial charge < -0.3 is 4.74 Å². The van der Waals surface area contributed by atoms with Crippen LogP contribution >= 0.6 is 0 Å². The zero-order chi connectivity index (χ0) is 11.8. The van der Waals surface area contributed by atoms with Crippen LogP contribution in [0, 0.1) is 11.8 Å². The lowest BCUT2D eigenvalue weighted by Gasteiger charge is -2.18. The van der Waals surface area contributed by atoms with Crippen LogP contribution in [0.3, 0.4) is 0 Å². The molecule has 0 aromatic carbocycles. The van der Waals surface area contributed by atoms with Crippen molar-refractivity contribution in [3.8, 4) is 0 Å². The first-order valence-corrected chi connectivity index (χ1v) is 6.04. The van der Waals surface area contributed by atoms with E-state index in [4.69, 9.17) is 0 Å². The Labute approximate surface area is 92.2 Å². The van der Waals surface area contributed by atoms with Crippen LogP contribution in [0.2, 0.25) is 0 Å². The molecule has 2 fully saturated rings. The molecule has 2 aliphatic rings. The molecule has 0 aromatic rings. The van der Waals surface area contributed by atoms with Crippen molar-refractivity contribution in [2.75, 3.05) is 0 Å². The molecule has 3 heteroatoms. The maximum Gasteiger partial charge on any atom is 0.317 e. The Balaban J connectivity index is 0.000000442. The number of carbonyl (C=O) groups is 2. The third-order valence-corrected chi connectivity index (χ3v) is 2.57. The summed E-state index contributed by atoms with van der Waals surface area (Å²) >= 11 is 0. The second kappa shape index (κ2) is 7.43. The summed E-state index contributed by atoms with van der Waals surface area (Å²) < 4.78 is 4.53. The molecule has 88 valence electrons. The summed E-state index contributed by atoms with van der Waals surface area (Å²) in [6, 6.07) is 0. The van der Waals surface area contributed by atoms with Gasteiger partial charge in [-0.3, -0.25) is 9.59 Å². The molecule has 3 nitrogen and oxygen atoms in total. The number of ether oxygens (including phenoxy) is 1. The summed E-state index contributed by atoms with van der Waals surface area (Å²) in [5.41, 5.74) is 0. The minimum Gasteiger partial charge on any atom is -0.393 e. The number of carbonyl (C=O) groups excluding carboxylic acids is 2. The molecule has 1 aliphatic carbocycles. The molecule has 0 radical (unpaired) electrons. The fourth-order valence-corrected chi connectivity index (χ4v) is 1.95. The van der Waals surface area contributed by atoms with Crippen LogP contribution in [0.15, 0.2) is 0 Å². The van der Waals surface area contributed by atoms with Crippen molar-refractivity contribution in [1.82, 2.24) is 0 Å². The van der Waals surface area contributed by atoms with Crippen molar-refractivity contribution in [3.63, 3.8) is 0 Å². The van der Waals surface area contributed by atoms with Gasteiger partial charge in [-0.2, -0.15) is 0 Å². The molecule has 15 heavy (non-hydrogen) atoms. The molecule has 2 unspecified atom stereocenters. The summed E-state index contributed by atoms with van der Waals surface area (Å²) in [4.78, 5) is 22.0. The van der Waals surface area contributed by atoms with Crippen LogP contribution in [0.1, 0.15) is 53.4 Å². The monoisotopic (exact) mass is 214 g/mol. The van der Waals surface area contributed by atoms with Gasteiger partial charge in [-0.15, -0.1) is 0 Å². The van der Waals surface area contributed by atoms with E-state index in [1.807, 2.05) is 27.7 Å². The molecule has 1 heterocycles. The van der Waals surface area contributed by atoms with Gasteiger partial charge in [-0.1, -0.05) is 40.5 Å². The molecule has 1 saturated carbocycles. The lowest BCUT2D eigenvalue weighted by atomic mass is 9.81. The number of fused-ring (bicyclic) bond motifs is 1. The van der Waals surface area contributed by atoms with E-state index in [1.165, 1.54) is 0 Å². The molecule has 2 rings (SSSR count). The highest BCUT2D eigenvalue weighted by atomic mass is 16.6. The van der Waals surface area contributed by atoms with E-state index in [0.717, 1.165) is 25.7 Å². The van der Waals surface area contributed by atoms with E-state index in [9.17, 15) is 9.59 Å². The molecule has 0 amide bonds. The first-order chi connectivity index (χ1) is 7.29. The van der Waals surface area contributed by atoms with Gasteiger partial charge >= 0.3 is 11.9 Å². The number of rotatable bonds is 0. The Morgan fingerprint density at radius 2 is 1.20 bits per heavy atom. The third-order valence-electron chi connectivity index (χ3n) is 2.57. The average Bonchev–Trinajstić information content (AvgIpc) is 2.61. The highest BCUT2D eigenvalue weighted by Crippen LogP contribution is 2.36. The van der Waals surface area contributed by atoms with E-state index in [0.29, 0.717) is 0 Å². The smallest absolute Gasteiger partial charge is 0.317 e. The van der Waals surface area contributed by atoms with Gasteiger partial charge in [0.05, 0.1) is 11.8 Å². The number of cyclic esters (lactones) is 2. The topological polar surface area (TPSA) is 43.4 Å². The maximum atomic E-state index is 11.0. The Kier molecular flexibility index (Phi) is 7.01. The largest absolute Gasteiger partial charge is 0.393 e. The molecule has 1 aliphatic heterocycles. The number of esters is 2. The summed E-state index contributed by atoms with van der Waals surface area (Å²) in [5, 5.41) is 0. The van der Waals surface area contributed by atoms with E-state index < -0.39 is 0 Å². The van der Waals surface area contributed by atoms with Crippen molar-refractivity contribution in [1.29, 1.82) is 0 Å². The highest BCUT2D eigenvalue weighted by Gasteiger charge is 2.44. The standard InChI is InChI=1S/C8H10O3.2C2H6/c9-7-5-3-1-2-4-6(5)8(10)11-7;2*1-2/h5-6H,1-4H2;2*1-2H3. The Hall–Kier alpha value is -0.860. The lowest BCUT2D eigenvalue weighted by Crippen LogP contribution is -2.21.